The van der Waals surface area contributed by atoms with E-state index in [1.807, 2.05) is 0 Å². The molecule has 17 heavy (non-hydrogen) atoms. The average molecular weight is 336 g/mol. The molecular weight excluding hydrogens is 327 g/mol. The number of rotatable bonds is 3. The summed E-state index contributed by atoms with van der Waals surface area (Å²) in [6.45, 7) is 2.05. The Bertz CT molecular complexity index is 532. The first-order valence-corrected chi connectivity index (χ1v) is 7.16. The van der Waals surface area contributed by atoms with Gasteiger partial charge in [0.05, 0.1) is 9.85 Å². The van der Waals surface area contributed by atoms with Crippen LogP contribution in [-0.2, 0) is 0 Å². The summed E-state index contributed by atoms with van der Waals surface area (Å²) in [7, 11) is 0. The maximum atomic E-state index is 13.3. The molecule has 0 bridgehead atoms. The van der Waals surface area contributed by atoms with E-state index >= 15 is 0 Å². The lowest BCUT2D eigenvalue weighted by Gasteiger charge is -2.00. The number of nitrogens with zero attached hydrogens (tertiary/aromatic N) is 2. The summed E-state index contributed by atoms with van der Waals surface area (Å²) in [6.07, 6.45) is 0.922. The molecule has 6 heteroatoms. The van der Waals surface area contributed by atoms with Gasteiger partial charge in [-0.05, 0) is 12.5 Å². The molecule has 0 spiro atoms. The van der Waals surface area contributed by atoms with Gasteiger partial charge in [-0.15, -0.1) is 10.2 Å². The van der Waals surface area contributed by atoms with Crippen LogP contribution in [-0.4, -0.2) is 10.2 Å². The minimum Gasteiger partial charge on any atom is -0.205 e. The predicted molar refractivity (Wildman–Crippen MR) is 72.3 cm³/mol. The number of hydrogen-bond donors (Lipinski definition) is 0. The summed E-state index contributed by atoms with van der Waals surface area (Å²) in [5.41, 5.74) is 0.589. The number of aromatic nitrogens is 2. The lowest BCUT2D eigenvalue weighted by atomic mass is 10.2. The van der Waals surface area contributed by atoms with Crippen molar-refractivity contribution in [1.82, 2.24) is 10.2 Å². The highest BCUT2D eigenvalue weighted by atomic mass is 79.9. The molecule has 0 amide bonds. The second-order valence-corrected chi connectivity index (χ2v) is 5.91. The molecule has 0 aliphatic carbocycles. The summed E-state index contributed by atoms with van der Waals surface area (Å²) in [6, 6.07) is 4.68. The molecule has 1 aromatic carbocycles. The van der Waals surface area contributed by atoms with Gasteiger partial charge in [0.2, 0.25) is 0 Å². The fourth-order valence-electron chi connectivity index (χ4n) is 1.31. The van der Waals surface area contributed by atoms with E-state index in [4.69, 9.17) is 11.6 Å². The van der Waals surface area contributed by atoms with Crippen LogP contribution < -0.4 is 0 Å². The molecule has 1 atom stereocenters. The van der Waals surface area contributed by atoms with Crippen LogP contribution in [0, 0.1) is 5.82 Å². The third-order valence-electron chi connectivity index (χ3n) is 2.25. The normalized spacial score (nSPS) is 12.7. The maximum Gasteiger partial charge on any atom is 0.149 e. The number of alkyl halides is 1. The Kier molecular flexibility index (Phi) is 4.12. The lowest BCUT2D eigenvalue weighted by Crippen LogP contribution is -1.85. The molecule has 1 aromatic heterocycles. The molecular formula is C11H9BrClFN2S. The molecule has 0 saturated carbocycles. The van der Waals surface area contributed by atoms with Gasteiger partial charge in [0.15, 0.2) is 0 Å². The van der Waals surface area contributed by atoms with Crippen LogP contribution in [0.5, 0.6) is 0 Å². The van der Waals surface area contributed by atoms with Gasteiger partial charge < -0.3 is 0 Å². The second kappa shape index (κ2) is 5.42. The Morgan fingerprint density at radius 2 is 2.24 bits per heavy atom. The van der Waals surface area contributed by atoms with Crippen molar-refractivity contribution in [3.8, 4) is 10.6 Å². The van der Waals surface area contributed by atoms with Crippen molar-refractivity contribution in [2.45, 2.75) is 18.2 Å². The van der Waals surface area contributed by atoms with Crippen LogP contribution in [0.4, 0.5) is 4.39 Å². The Balaban J connectivity index is 2.40. The monoisotopic (exact) mass is 334 g/mol. The van der Waals surface area contributed by atoms with E-state index in [0.29, 0.717) is 10.6 Å². The fraction of sp³-hybridized carbons (Fsp3) is 0.273. The molecule has 0 aliphatic heterocycles. The number of halogens is 3. The fourth-order valence-corrected chi connectivity index (χ4v) is 2.89. The predicted octanol–water partition coefficient (Wildman–Crippen LogP) is 4.84. The molecule has 0 aliphatic rings. The van der Waals surface area contributed by atoms with Crippen molar-refractivity contribution in [2.75, 3.05) is 0 Å². The summed E-state index contributed by atoms with van der Waals surface area (Å²) in [4.78, 5) is 0.182. The summed E-state index contributed by atoms with van der Waals surface area (Å²) in [5, 5.41) is 9.73. The highest BCUT2D eigenvalue weighted by Gasteiger charge is 2.15. The quantitative estimate of drug-likeness (QED) is 0.750. The Hall–Kier alpha value is -0.520. The van der Waals surface area contributed by atoms with Gasteiger partial charge in [-0.1, -0.05) is 57.9 Å². The molecule has 90 valence electrons. The Labute approximate surface area is 116 Å². The van der Waals surface area contributed by atoms with Gasteiger partial charge in [-0.3, -0.25) is 0 Å². The Morgan fingerprint density at radius 1 is 1.47 bits per heavy atom. The number of benzene rings is 1. The van der Waals surface area contributed by atoms with Gasteiger partial charge in [-0.2, -0.15) is 0 Å². The Morgan fingerprint density at radius 3 is 2.94 bits per heavy atom. The van der Waals surface area contributed by atoms with Gasteiger partial charge in [-0.25, -0.2) is 4.39 Å². The molecule has 2 rings (SSSR count). The number of hydrogen-bond acceptors (Lipinski definition) is 3. The standard InChI is InChI=1S/C11H9BrClFN2S/c1-2-7(12)11-16-15-10(17-11)6-4-3-5-8(14)9(6)13/h3-5,7H,2H2,1H3. The molecule has 0 N–H and O–H groups in total. The van der Waals surface area contributed by atoms with Crippen molar-refractivity contribution < 1.29 is 4.39 Å². The molecule has 1 heterocycles. The van der Waals surface area contributed by atoms with Crippen molar-refractivity contribution in [2.24, 2.45) is 0 Å². The molecule has 2 aromatic rings. The van der Waals surface area contributed by atoms with Crippen molar-refractivity contribution in [3.63, 3.8) is 0 Å². The van der Waals surface area contributed by atoms with Crippen LogP contribution in [0.2, 0.25) is 5.02 Å². The summed E-state index contributed by atoms with van der Waals surface area (Å²) >= 11 is 10.8. The molecule has 0 fully saturated rings. The van der Waals surface area contributed by atoms with E-state index in [9.17, 15) is 4.39 Å². The minimum absolute atomic E-state index is 0.0952. The van der Waals surface area contributed by atoms with E-state index in [1.165, 1.54) is 17.4 Å². The van der Waals surface area contributed by atoms with E-state index in [1.54, 1.807) is 12.1 Å². The molecule has 2 nitrogen and oxygen atoms in total. The highest BCUT2D eigenvalue weighted by Crippen LogP contribution is 2.35. The molecule has 1 unspecified atom stereocenters. The first-order chi connectivity index (χ1) is 8.13. The van der Waals surface area contributed by atoms with Gasteiger partial charge in [0, 0.05) is 5.56 Å². The topological polar surface area (TPSA) is 25.8 Å². The SMILES string of the molecule is CCC(Br)c1nnc(-c2cccc(F)c2Cl)s1. The smallest absolute Gasteiger partial charge is 0.149 e. The van der Waals surface area contributed by atoms with Crippen LogP contribution in [0.15, 0.2) is 18.2 Å². The largest absolute Gasteiger partial charge is 0.205 e. The van der Waals surface area contributed by atoms with Crippen molar-refractivity contribution in [1.29, 1.82) is 0 Å². The third-order valence-corrected chi connectivity index (χ3v) is 5.09. The summed E-state index contributed by atoms with van der Waals surface area (Å²) in [5.74, 6) is -0.438. The van der Waals surface area contributed by atoms with E-state index in [2.05, 4.69) is 33.1 Å². The zero-order valence-corrected chi connectivity index (χ0v) is 12.1. The van der Waals surface area contributed by atoms with Crippen molar-refractivity contribution in [3.05, 3.63) is 34.0 Å². The van der Waals surface area contributed by atoms with E-state index in [-0.39, 0.29) is 9.85 Å². The lowest BCUT2D eigenvalue weighted by molar-refractivity contribution is 0.628. The van der Waals surface area contributed by atoms with Crippen LogP contribution in [0.3, 0.4) is 0 Å². The van der Waals surface area contributed by atoms with E-state index < -0.39 is 5.82 Å². The maximum absolute atomic E-state index is 13.3. The van der Waals surface area contributed by atoms with Gasteiger partial charge in [0.25, 0.3) is 0 Å². The minimum atomic E-state index is -0.438. The van der Waals surface area contributed by atoms with Gasteiger partial charge >= 0.3 is 0 Å². The molecule has 0 saturated heterocycles. The van der Waals surface area contributed by atoms with Crippen LogP contribution >= 0.6 is 38.9 Å². The first-order valence-electron chi connectivity index (χ1n) is 5.05. The zero-order valence-electron chi connectivity index (χ0n) is 8.95. The second-order valence-electron chi connectivity index (χ2n) is 3.42. The third kappa shape index (κ3) is 2.67. The summed E-state index contributed by atoms with van der Waals surface area (Å²) < 4.78 is 13.3. The van der Waals surface area contributed by atoms with E-state index in [0.717, 1.165) is 11.4 Å². The first kappa shape index (κ1) is 12.9. The average Bonchev–Trinajstić information content (AvgIpc) is 2.81. The van der Waals surface area contributed by atoms with Gasteiger partial charge in [0.1, 0.15) is 15.8 Å². The van der Waals surface area contributed by atoms with Crippen LogP contribution in [0.1, 0.15) is 23.2 Å². The van der Waals surface area contributed by atoms with Crippen molar-refractivity contribution >= 4 is 38.9 Å². The molecule has 0 radical (unpaired) electrons. The highest BCUT2D eigenvalue weighted by molar-refractivity contribution is 9.09. The zero-order chi connectivity index (χ0) is 12.4. The van der Waals surface area contributed by atoms with Crippen LogP contribution in [0.25, 0.3) is 10.6 Å².